The molecule has 2 saturated heterocycles. The lowest BCUT2D eigenvalue weighted by Gasteiger charge is -2.37. The molecule has 0 N–H and O–H groups in total. The van der Waals surface area contributed by atoms with E-state index in [-0.39, 0.29) is 12.0 Å². The zero-order valence-electron chi connectivity index (χ0n) is 18.9. The van der Waals surface area contributed by atoms with Gasteiger partial charge in [0, 0.05) is 44.0 Å². The Balaban J connectivity index is 1.44. The van der Waals surface area contributed by atoms with E-state index in [1.807, 2.05) is 42.5 Å². The Bertz CT molecular complexity index is 759. The first-order chi connectivity index (χ1) is 14.8. The summed E-state index contributed by atoms with van der Waals surface area (Å²) in [5, 5.41) is 3.90. The number of hydrogen-bond donors (Lipinski definition) is 0. The van der Waals surface area contributed by atoms with Crippen molar-refractivity contribution >= 4 is 23.3 Å². The van der Waals surface area contributed by atoms with Crippen LogP contribution < -0.4 is 4.74 Å². The van der Waals surface area contributed by atoms with Gasteiger partial charge in [-0.15, -0.1) is 11.3 Å². The lowest BCUT2D eigenvalue weighted by molar-refractivity contribution is -0.135. The molecule has 2 amide bonds. The zero-order valence-corrected chi connectivity index (χ0v) is 19.7. The molecule has 2 atom stereocenters. The third-order valence-electron chi connectivity index (χ3n) is 6.41. The van der Waals surface area contributed by atoms with Crippen molar-refractivity contribution in [1.29, 1.82) is 0 Å². The molecule has 0 radical (unpaired) electrons. The smallest absolute Gasteiger partial charge is 0.411 e. The van der Waals surface area contributed by atoms with Crippen LogP contribution in [0.25, 0.3) is 0 Å². The van der Waals surface area contributed by atoms with E-state index < -0.39 is 17.7 Å². The van der Waals surface area contributed by atoms with Crippen LogP contribution in [0.2, 0.25) is 0 Å². The number of thiophene rings is 1. The maximum absolute atomic E-state index is 13.5. The van der Waals surface area contributed by atoms with Gasteiger partial charge in [0.15, 0.2) is 0 Å². The normalized spacial score (nSPS) is 25.8. The number of rotatable bonds is 4. The van der Waals surface area contributed by atoms with Gasteiger partial charge in [-0.2, -0.15) is 0 Å². The van der Waals surface area contributed by atoms with Crippen molar-refractivity contribution in [3.05, 3.63) is 16.8 Å². The minimum atomic E-state index is -0.608. The van der Waals surface area contributed by atoms with E-state index in [4.69, 9.17) is 9.47 Å². The summed E-state index contributed by atoms with van der Waals surface area (Å²) in [5.74, 6) is 0.816. The average Bonchev–Trinajstić information content (AvgIpc) is 3.25. The van der Waals surface area contributed by atoms with Crippen LogP contribution in [0.15, 0.2) is 16.8 Å². The second kappa shape index (κ2) is 9.36. The maximum Gasteiger partial charge on any atom is 0.411 e. The fourth-order valence-corrected chi connectivity index (χ4v) is 5.20. The number of likely N-dealkylation sites (tertiary alicyclic amines) is 1. The summed E-state index contributed by atoms with van der Waals surface area (Å²) < 4.78 is 11.7. The molecule has 31 heavy (non-hydrogen) atoms. The van der Waals surface area contributed by atoms with Gasteiger partial charge in [0.25, 0.3) is 0 Å². The molecule has 2 unspecified atom stereocenters. The molecule has 0 aromatic carbocycles. The summed E-state index contributed by atoms with van der Waals surface area (Å²) in [7, 11) is 0. The molecule has 8 heteroatoms. The molecule has 3 aliphatic rings. The summed E-state index contributed by atoms with van der Waals surface area (Å²) in [6, 6.07) is 2.08. The number of hydrogen-bond acceptors (Lipinski definition) is 6. The Hall–Kier alpha value is -1.80. The highest BCUT2D eigenvalue weighted by Gasteiger charge is 2.44. The zero-order chi connectivity index (χ0) is 22.0. The number of nitrogens with zero attached hydrogens (tertiary/aromatic N) is 3. The third-order valence-corrected chi connectivity index (χ3v) is 7.07. The van der Waals surface area contributed by atoms with Gasteiger partial charge in [-0.25, -0.2) is 4.79 Å². The highest BCUT2D eigenvalue weighted by Crippen LogP contribution is 2.29. The van der Waals surface area contributed by atoms with Crippen molar-refractivity contribution in [3.8, 4) is 5.75 Å². The summed E-state index contributed by atoms with van der Waals surface area (Å²) in [4.78, 5) is 32.6. The molecule has 7 nitrogen and oxygen atoms in total. The predicted molar refractivity (Wildman–Crippen MR) is 120 cm³/mol. The van der Waals surface area contributed by atoms with Crippen molar-refractivity contribution in [1.82, 2.24) is 14.7 Å². The van der Waals surface area contributed by atoms with E-state index in [1.54, 1.807) is 16.2 Å². The van der Waals surface area contributed by atoms with Crippen LogP contribution in [0, 0.1) is 0 Å². The topological polar surface area (TPSA) is 62.3 Å². The second-order valence-electron chi connectivity index (χ2n) is 9.88. The molecule has 172 valence electrons. The van der Waals surface area contributed by atoms with Gasteiger partial charge >= 0.3 is 6.09 Å². The number of carbonyl (C=O) groups is 2. The highest BCUT2D eigenvalue weighted by molar-refractivity contribution is 7.08. The quantitative estimate of drug-likeness (QED) is 0.703. The Labute approximate surface area is 189 Å². The standard InChI is InChI=1S/C23H35N3O4S/c1-23(2,3)30-22(28)26-15-19(29-18-8-13-31-16-18)14-20(26)21(27)25-10-5-9-24(11-12-25)17-6-4-7-17/h8,13,16-17,19-20H,4-7,9-12,14-15H2,1-3H3. The minimum Gasteiger partial charge on any atom is -0.488 e. The van der Waals surface area contributed by atoms with Crippen molar-refractivity contribution < 1.29 is 19.1 Å². The first-order valence-electron chi connectivity index (χ1n) is 11.5. The third kappa shape index (κ3) is 5.52. The average molecular weight is 450 g/mol. The molecule has 2 aliphatic heterocycles. The summed E-state index contributed by atoms with van der Waals surface area (Å²) >= 11 is 1.57. The fourth-order valence-electron chi connectivity index (χ4n) is 4.64. The van der Waals surface area contributed by atoms with Gasteiger partial charge in [-0.3, -0.25) is 14.6 Å². The van der Waals surface area contributed by atoms with E-state index in [0.29, 0.717) is 19.0 Å². The van der Waals surface area contributed by atoms with Crippen molar-refractivity contribution in [2.45, 2.75) is 76.7 Å². The molecular weight excluding hydrogens is 414 g/mol. The van der Waals surface area contributed by atoms with E-state index >= 15 is 0 Å². The van der Waals surface area contributed by atoms with Gasteiger partial charge in [-0.1, -0.05) is 6.42 Å². The molecule has 0 spiro atoms. The van der Waals surface area contributed by atoms with Crippen LogP contribution in [-0.4, -0.2) is 83.2 Å². The molecular formula is C23H35N3O4S. The van der Waals surface area contributed by atoms with E-state index in [9.17, 15) is 9.59 Å². The lowest BCUT2D eigenvalue weighted by atomic mass is 9.91. The van der Waals surface area contributed by atoms with Gasteiger partial charge in [0.05, 0.1) is 6.54 Å². The monoisotopic (exact) mass is 449 g/mol. The number of amides is 2. The van der Waals surface area contributed by atoms with E-state index in [0.717, 1.165) is 38.3 Å². The number of ether oxygens (including phenoxy) is 2. The fraction of sp³-hybridized carbons (Fsp3) is 0.739. The SMILES string of the molecule is CC(C)(C)OC(=O)N1CC(Oc2ccsc2)CC1C(=O)N1CCCN(C2CCC2)CC1. The lowest BCUT2D eigenvalue weighted by Crippen LogP contribution is -2.50. The van der Waals surface area contributed by atoms with E-state index in [2.05, 4.69) is 4.90 Å². The van der Waals surface area contributed by atoms with Gasteiger partial charge in [0.1, 0.15) is 23.5 Å². The number of carbonyl (C=O) groups excluding carboxylic acids is 2. The Kier molecular flexibility index (Phi) is 6.77. The minimum absolute atomic E-state index is 0.0257. The van der Waals surface area contributed by atoms with Gasteiger partial charge in [0.2, 0.25) is 5.91 Å². The maximum atomic E-state index is 13.5. The van der Waals surface area contributed by atoms with Crippen LogP contribution in [0.1, 0.15) is 52.9 Å². The Morgan fingerprint density at radius 1 is 1.10 bits per heavy atom. The van der Waals surface area contributed by atoms with Crippen LogP contribution in [-0.2, 0) is 9.53 Å². The molecule has 1 aromatic rings. The van der Waals surface area contributed by atoms with Crippen LogP contribution in [0.4, 0.5) is 4.79 Å². The molecule has 1 saturated carbocycles. The van der Waals surface area contributed by atoms with Gasteiger partial charge in [-0.05, 0) is 51.5 Å². The summed E-state index contributed by atoms with van der Waals surface area (Å²) in [6.45, 7) is 9.36. The largest absolute Gasteiger partial charge is 0.488 e. The summed E-state index contributed by atoms with van der Waals surface area (Å²) in [6.07, 6.45) is 4.72. The molecule has 4 rings (SSSR count). The Morgan fingerprint density at radius 3 is 2.55 bits per heavy atom. The summed E-state index contributed by atoms with van der Waals surface area (Å²) in [5.41, 5.74) is -0.608. The van der Waals surface area contributed by atoms with Crippen LogP contribution in [0.3, 0.4) is 0 Å². The van der Waals surface area contributed by atoms with E-state index in [1.165, 1.54) is 19.3 Å². The van der Waals surface area contributed by atoms with Crippen LogP contribution in [0.5, 0.6) is 5.75 Å². The molecule has 1 aliphatic carbocycles. The Morgan fingerprint density at radius 2 is 1.90 bits per heavy atom. The first-order valence-corrected chi connectivity index (χ1v) is 12.5. The van der Waals surface area contributed by atoms with Crippen molar-refractivity contribution in [3.63, 3.8) is 0 Å². The van der Waals surface area contributed by atoms with Crippen LogP contribution >= 0.6 is 11.3 Å². The molecule has 3 heterocycles. The highest BCUT2D eigenvalue weighted by atomic mass is 32.1. The first kappa shape index (κ1) is 22.4. The molecule has 3 fully saturated rings. The van der Waals surface area contributed by atoms with Crippen molar-refractivity contribution in [2.24, 2.45) is 0 Å². The van der Waals surface area contributed by atoms with Gasteiger partial charge < -0.3 is 14.4 Å². The predicted octanol–water partition coefficient (Wildman–Crippen LogP) is 3.59. The molecule has 0 bridgehead atoms. The van der Waals surface area contributed by atoms with Crippen molar-refractivity contribution in [2.75, 3.05) is 32.7 Å². The second-order valence-corrected chi connectivity index (χ2v) is 10.7. The molecule has 1 aromatic heterocycles.